The van der Waals surface area contributed by atoms with Gasteiger partial charge in [-0.15, -0.1) is 0 Å². The van der Waals surface area contributed by atoms with Crippen LogP contribution in [0, 0.1) is 0 Å². The molecule has 1 aliphatic heterocycles. The summed E-state index contributed by atoms with van der Waals surface area (Å²) in [7, 11) is 1.55. The molecule has 1 aliphatic rings. The second-order valence-electron chi connectivity index (χ2n) is 7.81. The number of rotatable bonds is 10. The molecule has 3 rings (SSSR count). The highest BCUT2D eigenvalue weighted by atomic mass is 16.5. The van der Waals surface area contributed by atoms with E-state index >= 15 is 0 Å². The van der Waals surface area contributed by atoms with E-state index in [0.717, 1.165) is 25.7 Å². The molecule has 1 saturated heterocycles. The number of carbonyl (C=O) groups excluding carboxylic acids is 2. The van der Waals surface area contributed by atoms with Gasteiger partial charge >= 0.3 is 0 Å². The molecule has 170 valence electrons. The van der Waals surface area contributed by atoms with E-state index in [1.807, 2.05) is 25.1 Å². The fourth-order valence-electron chi connectivity index (χ4n) is 3.94. The van der Waals surface area contributed by atoms with E-state index in [1.165, 1.54) is 0 Å². The number of amides is 1. The lowest BCUT2D eigenvalue weighted by Gasteiger charge is -2.26. The Morgan fingerprint density at radius 3 is 2.38 bits per heavy atom. The zero-order valence-corrected chi connectivity index (χ0v) is 19.0. The van der Waals surface area contributed by atoms with Gasteiger partial charge in [0.25, 0.3) is 11.7 Å². The van der Waals surface area contributed by atoms with Crippen molar-refractivity contribution < 1.29 is 24.2 Å². The molecule has 2 aromatic rings. The number of carbonyl (C=O) groups is 2. The second-order valence-corrected chi connectivity index (χ2v) is 7.81. The van der Waals surface area contributed by atoms with Gasteiger partial charge in [-0.05, 0) is 43.2 Å². The van der Waals surface area contributed by atoms with Crippen LogP contribution in [0.1, 0.15) is 56.7 Å². The number of nitrogens with zero attached hydrogens (tertiary/aromatic N) is 1. The number of methoxy groups -OCH3 is 1. The first kappa shape index (κ1) is 23.4. The Labute approximate surface area is 189 Å². The summed E-state index contributed by atoms with van der Waals surface area (Å²) in [5, 5.41) is 11.2. The van der Waals surface area contributed by atoms with Crippen LogP contribution in [0.4, 0.5) is 0 Å². The maximum atomic E-state index is 13.1. The van der Waals surface area contributed by atoms with Crippen molar-refractivity contribution in [2.24, 2.45) is 0 Å². The van der Waals surface area contributed by atoms with Gasteiger partial charge in [-0.3, -0.25) is 9.59 Å². The summed E-state index contributed by atoms with van der Waals surface area (Å²) in [4.78, 5) is 27.6. The van der Waals surface area contributed by atoms with E-state index in [1.54, 1.807) is 42.3 Å². The summed E-state index contributed by atoms with van der Waals surface area (Å²) in [5.41, 5.74) is 1.22. The summed E-state index contributed by atoms with van der Waals surface area (Å²) in [6.45, 7) is 5.14. The highest BCUT2D eigenvalue weighted by Gasteiger charge is 2.46. The van der Waals surface area contributed by atoms with Gasteiger partial charge < -0.3 is 19.5 Å². The van der Waals surface area contributed by atoms with Gasteiger partial charge in [-0.1, -0.05) is 44.9 Å². The summed E-state index contributed by atoms with van der Waals surface area (Å²) in [5.74, 6) is -0.222. The van der Waals surface area contributed by atoms with Crippen molar-refractivity contribution in [2.45, 2.75) is 45.6 Å². The van der Waals surface area contributed by atoms with Crippen molar-refractivity contribution in [1.29, 1.82) is 0 Å². The van der Waals surface area contributed by atoms with Crippen LogP contribution in [-0.4, -0.2) is 42.0 Å². The molecule has 6 heteroatoms. The summed E-state index contributed by atoms with van der Waals surface area (Å²) in [6, 6.07) is 13.5. The van der Waals surface area contributed by atoms with Gasteiger partial charge in [-0.2, -0.15) is 0 Å². The van der Waals surface area contributed by atoms with E-state index in [2.05, 4.69) is 6.92 Å². The van der Waals surface area contributed by atoms with Crippen LogP contribution in [0.3, 0.4) is 0 Å². The average molecular weight is 438 g/mol. The van der Waals surface area contributed by atoms with Crippen LogP contribution in [0.15, 0.2) is 54.1 Å². The van der Waals surface area contributed by atoms with Gasteiger partial charge in [0.1, 0.15) is 17.3 Å². The largest absolute Gasteiger partial charge is 0.507 e. The number of ether oxygens (including phenoxy) is 2. The summed E-state index contributed by atoms with van der Waals surface area (Å²) < 4.78 is 11.1. The molecular formula is C26H31NO5. The number of likely N-dealkylation sites (tertiary alicyclic amines) is 1. The highest BCUT2D eigenvalue weighted by molar-refractivity contribution is 6.46. The highest BCUT2D eigenvalue weighted by Crippen LogP contribution is 2.42. The first-order chi connectivity index (χ1) is 15.5. The Kier molecular flexibility index (Phi) is 7.92. The molecule has 32 heavy (non-hydrogen) atoms. The van der Waals surface area contributed by atoms with Crippen LogP contribution in [0.25, 0.3) is 5.76 Å². The lowest BCUT2D eigenvalue weighted by molar-refractivity contribution is -0.139. The summed E-state index contributed by atoms with van der Waals surface area (Å²) in [6.07, 6.45) is 3.61. The maximum absolute atomic E-state index is 13.1. The van der Waals surface area contributed by atoms with E-state index in [0.29, 0.717) is 35.8 Å². The van der Waals surface area contributed by atoms with Crippen LogP contribution < -0.4 is 9.47 Å². The maximum Gasteiger partial charge on any atom is 0.295 e. The molecule has 0 radical (unpaired) electrons. The van der Waals surface area contributed by atoms with Crippen molar-refractivity contribution >= 4 is 17.4 Å². The molecule has 1 N–H and O–H groups in total. The minimum atomic E-state index is -0.709. The van der Waals surface area contributed by atoms with E-state index < -0.39 is 17.7 Å². The monoisotopic (exact) mass is 437 g/mol. The van der Waals surface area contributed by atoms with Crippen molar-refractivity contribution in [2.75, 3.05) is 20.3 Å². The first-order valence-electron chi connectivity index (χ1n) is 11.2. The third-order valence-corrected chi connectivity index (χ3v) is 5.58. The predicted molar refractivity (Wildman–Crippen MR) is 124 cm³/mol. The predicted octanol–water partition coefficient (Wildman–Crippen LogP) is 5.10. The van der Waals surface area contributed by atoms with E-state index in [4.69, 9.17) is 9.47 Å². The molecule has 0 aliphatic carbocycles. The molecule has 1 fully saturated rings. The molecule has 1 unspecified atom stereocenters. The fourth-order valence-corrected chi connectivity index (χ4v) is 3.94. The average Bonchev–Trinajstić information content (AvgIpc) is 3.07. The molecule has 0 spiro atoms. The Hall–Kier alpha value is -3.28. The molecule has 6 nitrogen and oxygen atoms in total. The smallest absolute Gasteiger partial charge is 0.295 e. The number of ketones is 1. The molecule has 1 heterocycles. The molecular weight excluding hydrogens is 406 g/mol. The van der Waals surface area contributed by atoms with E-state index in [-0.39, 0.29) is 11.3 Å². The van der Waals surface area contributed by atoms with Gasteiger partial charge in [0.2, 0.25) is 0 Å². The third-order valence-electron chi connectivity index (χ3n) is 5.58. The Bertz CT molecular complexity index is 980. The first-order valence-corrected chi connectivity index (χ1v) is 11.2. The topological polar surface area (TPSA) is 76.1 Å². The normalized spacial score (nSPS) is 17.6. The number of benzene rings is 2. The molecule has 1 amide bonds. The number of hydrogen-bond donors (Lipinski definition) is 1. The quantitative estimate of drug-likeness (QED) is 0.242. The minimum Gasteiger partial charge on any atom is -0.507 e. The lowest BCUT2D eigenvalue weighted by Crippen LogP contribution is -2.30. The zero-order valence-electron chi connectivity index (χ0n) is 19.0. The van der Waals surface area contributed by atoms with Gasteiger partial charge in [0, 0.05) is 17.7 Å². The van der Waals surface area contributed by atoms with Gasteiger partial charge in [0.05, 0.1) is 25.3 Å². The SMILES string of the molecule is CCCCCN1C(=O)C(=O)/C(=C(\O)c2ccc(OCCC)cc2)C1c1ccccc1OC. The van der Waals surface area contributed by atoms with Crippen molar-refractivity contribution in [1.82, 2.24) is 4.90 Å². The van der Waals surface area contributed by atoms with Crippen LogP contribution >= 0.6 is 0 Å². The molecule has 1 atom stereocenters. The van der Waals surface area contributed by atoms with Crippen LogP contribution in [0.5, 0.6) is 11.5 Å². The minimum absolute atomic E-state index is 0.0817. The van der Waals surface area contributed by atoms with Gasteiger partial charge in [-0.25, -0.2) is 0 Å². The van der Waals surface area contributed by atoms with E-state index in [9.17, 15) is 14.7 Å². The molecule has 0 aromatic heterocycles. The second kappa shape index (κ2) is 10.8. The molecule has 0 bridgehead atoms. The van der Waals surface area contributed by atoms with Crippen molar-refractivity contribution in [3.63, 3.8) is 0 Å². The van der Waals surface area contributed by atoms with Crippen molar-refractivity contribution in [3.05, 3.63) is 65.2 Å². The van der Waals surface area contributed by atoms with Gasteiger partial charge in [0.15, 0.2) is 0 Å². The number of hydrogen-bond acceptors (Lipinski definition) is 5. The number of para-hydroxylation sites is 1. The zero-order chi connectivity index (χ0) is 23.1. The molecule has 0 saturated carbocycles. The third kappa shape index (κ3) is 4.79. The Morgan fingerprint density at radius 1 is 1.00 bits per heavy atom. The van der Waals surface area contributed by atoms with Crippen molar-refractivity contribution in [3.8, 4) is 11.5 Å². The Balaban J connectivity index is 2.07. The summed E-state index contributed by atoms with van der Waals surface area (Å²) >= 11 is 0. The molecule has 2 aromatic carbocycles. The standard InChI is InChI=1S/C26H31NO5/c1-4-6-9-16-27-23(20-10-7-8-11-21(20)31-3)22(25(29)26(27)30)24(28)18-12-14-19(15-13-18)32-17-5-2/h7-8,10-15,23,28H,4-6,9,16-17H2,1-3H3/b24-22-. The number of unbranched alkanes of at least 4 members (excludes halogenated alkanes) is 2. The van der Waals surface area contributed by atoms with Crippen LogP contribution in [0.2, 0.25) is 0 Å². The lowest BCUT2D eigenvalue weighted by atomic mass is 9.94. The van der Waals surface area contributed by atoms with Crippen LogP contribution in [-0.2, 0) is 9.59 Å². The Morgan fingerprint density at radius 2 is 1.72 bits per heavy atom. The fraction of sp³-hybridized carbons (Fsp3) is 0.385. The number of Topliss-reactive ketones (excluding diaryl/α,β-unsaturated/α-hetero) is 1. The number of aliphatic hydroxyl groups excluding tert-OH is 1. The number of aliphatic hydroxyl groups is 1.